The maximum atomic E-state index is 11.6. The van der Waals surface area contributed by atoms with Crippen molar-refractivity contribution in [2.75, 3.05) is 14.2 Å². The normalized spacial score (nSPS) is 12.1. The summed E-state index contributed by atoms with van der Waals surface area (Å²) in [5.74, 6) is 0.541. The van der Waals surface area contributed by atoms with E-state index in [1.165, 1.54) is 0 Å². The standard InChI is InChI=1S/C13H21N3O2/c1-8-5-9(2)10(12(6-8)18-4)7-11(14)13(17)16-15-3/h5-6,11,15H,7,14H2,1-4H3,(H,16,17). The van der Waals surface area contributed by atoms with Crippen LogP contribution >= 0.6 is 0 Å². The fourth-order valence-electron chi connectivity index (χ4n) is 1.93. The van der Waals surface area contributed by atoms with E-state index in [-0.39, 0.29) is 5.91 Å². The summed E-state index contributed by atoms with van der Waals surface area (Å²) < 4.78 is 5.34. The van der Waals surface area contributed by atoms with Crippen molar-refractivity contribution in [3.63, 3.8) is 0 Å². The molecule has 0 aliphatic carbocycles. The van der Waals surface area contributed by atoms with E-state index in [1.807, 2.05) is 19.9 Å². The Morgan fingerprint density at radius 2 is 2.11 bits per heavy atom. The molecule has 100 valence electrons. The molecule has 0 radical (unpaired) electrons. The molecule has 1 aromatic carbocycles. The predicted molar refractivity (Wildman–Crippen MR) is 71.3 cm³/mol. The Bertz CT molecular complexity index is 432. The van der Waals surface area contributed by atoms with Crippen LogP contribution in [0.5, 0.6) is 5.75 Å². The molecule has 0 fully saturated rings. The van der Waals surface area contributed by atoms with Crippen LogP contribution in [0, 0.1) is 13.8 Å². The quantitative estimate of drug-likeness (QED) is 0.663. The van der Waals surface area contributed by atoms with Gasteiger partial charge in [0.15, 0.2) is 0 Å². The molecular weight excluding hydrogens is 230 g/mol. The van der Waals surface area contributed by atoms with Gasteiger partial charge in [-0.1, -0.05) is 6.07 Å². The highest BCUT2D eigenvalue weighted by molar-refractivity contribution is 5.81. The Balaban J connectivity index is 2.93. The summed E-state index contributed by atoms with van der Waals surface area (Å²) in [5, 5.41) is 0. The fourth-order valence-corrected chi connectivity index (χ4v) is 1.93. The van der Waals surface area contributed by atoms with Crippen molar-refractivity contribution in [3.8, 4) is 5.75 Å². The van der Waals surface area contributed by atoms with Crippen LogP contribution < -0.4 is 21.3 Å². The zero-order chi connectivity index (χ0) is 13.7. The van der Waals surface area contributed by atoms with Crippen molar-refractivity contribution in [2.24, 2.45) is 5.73 Å². The van der Waals surface area contributed by atoms with Gasteiger partial charge < -0.3 is 10.5 Å². The van der Waals surface area contributed by atoms with Crippen LogP contribution in [-0.4, -0.2) is 26.1 Å². The van der Waals surface area contributed by atoms with Gasteiger partial charge in [0.25, 0.3) is 5.91 Å². The molecule has 5 heteroatoms. The minimum absolute atomic E-state index is 0.237. The molecule has 1 atom stereocenters. The van der Waals surface area contributed by atoms with Crippen LogP contribution in [-0.2, 0) is 11.2 Å². The number of rotatable bonds is 5. The largest absolute Gasteiger partial charge is 0.496 e. The lowest BCUT2D eigenvalue weighted by Crippen LogP contribution is -2.46. The third kappa shape index (κ3) is 3.45. The lowest BCUT2D eigenvalue weighted by Gasteiger charge is -2.16. The Morgan fingerprint density at radius 1 is 1.44 bits per heavy atom. The molecule has 1 rings (SSSR count). The summed E-state index contributed by atoms with van der Waals surface area (Å²) in [7, 11) is 3.25. The second kappa shape index (κ2) is 6.37. The van der Waals surface area contributed by atoms with Gasteiger partial charge in [0, 0.05) is 13.5 Å². The second-order valence-electron chi connectivity index (χ2n) is 4.31. The molecule has 5 nitrogen and oxygen atoms in total. The monoisotopic (exact) mass is 251 g/mol. The maximum absolute atomic E-state index is 11.6. The van der Waals surface area contributed by atoms with Gasteiger partial charge in [-0.2, -0.15) is 0 Å². The minimum atomic E-state index is -0.604. The van der Waals surface area contributed by atoms with Crippen LogP contribution in [0.25, 0.3) is 0 Å². The number of hydrogen-bond acceptors (Lipinski definition) is 4. The molecule has 1 unspecified atom stereocenters. The van der Waals surface area contributed by atoms with Gasteiger partial charge in [-0.15, -0.1) is 0 Å². The summed E-state index contributed by atoms with van der Waals surface area (Å²) in [6, 6.07) is 3.40. The predicted octanol–water partition coefficient (Wildman–Crippen LogP) is 0.432. The first kappa shape index (κ1) is 14.5. The summed E-state index contributed by atoms with van der Waals surface area (Å²) >= 11 is 0. The second-order valence-corrected chi connectivity index (χ2v) is 4.31. The van der Waals surface area contributed by atoms with E-state index >= 15 is 0 Å². The van der Waals surface area contributed by atoms with E-state index < -0.39 is 6.04 Å². The Labute approximate surface area is 108 Å². The molecule has 0 aliphatic heterocycles. The van der Waals surface area contributed by atoms with E-state index in [2.05, 4.69) is 16.9 Å². The highest BCUT2D eigenvalue weighted by Gasteiger charge is 2.17. The Morgan fingerprint density at radius 3 is 2.67 bits per heavy atom. The van der Waals surface area contributed by atoms with Gasteiger partial charge in [0.05, 0.1) is 13.2 Å². The highest BCUT2D eigenvalue weighted by atomic mass is 16.5. The van der Waals surface area contributed by atoms with Crippen molar-refractivity contribution >= 4 is 5.91 Å². The van der Waals surface area contributed by atoms with Crippen molar-refractivity contribution in [2.45, 2.75) is 26.3 Å². The Hall–Kier alpha value is -1.59. The first-order chi connectivity index (χ1) is 8.49. The SMILES string of the molecule is CNNC(=O)C(N)Cc1c(C)cc(C)cc1OC. The van der Waals surface area contributed by atoms with Gasteiger partial charge in [-0.05, 0) is 36.6 Å². The summed E-state index contributed by atoms with van der Waals surface area (Å²) in [4.78, 5) is 11.6. The third-order valence-electron chi connectivity index (χ3n) is 2.81. The number of nitrogens with two attached hydrogens (primary N) is 1. The molecule has 0 aliphatic rings. The number of benzene rings is 1. The third-order valence-corrected chi connectivity index (χ3v) is 2.81. The van der Waals surface area contributed by atoms with E-state index in [0.717, 1.165) is 22.4 Å². The molecule has 1 amide bonds. The smallest absolute Gasteiger partial charge is 0.251 e. The first-order valence-electron chi connectivity index (χ1n) is 5.86. The Kier molecular flexibility index (Phi) is 5.12. The number of methoxy groups -OCH3 is 1. The number of hydrazine groups is 1. The van der Waals surface area contributed by atoms with Crippen molar-refractivity contribution in [3.05, 3.63) is 28.8 Å². The molecule has 0 spiro atoms. The lowest BCUT2D eigenvalue weighted by atomic mass is 9.98. The van der Waals surface area contributed by atoms with Crippen molar-refractivity contribution in [1.82, 2.24) is 10.9 Å². The van der Waals surface area contributed by atoms with E-state index in [0.29, 0.717) is 6.42 Å². The average Bonchev–Trinajstić information content (AvgIpc) is 2.32. The van der Waals surface area contributed by atoms with E-state index in [4.69, 9.17) is 10.5 Å². The average molecular weight is 251 g/mol. The summed E-state index contributed by atoms with van der Waals surface area (Å²) in [6.45, 7) is 4.00. The number of carbonyl (C=O) groups is 1. The minimum Gasteiger partial charge on any atom is -0.496 e. The molecule has 0 saturated heterocycles. The van der Waals surface area contributed by atoms with Crippen molar-refractivity contribution < 1.29 is 9.53 Å². The van der Waals surface area contributed by atoms with Gasteiger partial charge in [0.2, 0.25) is 0 Å². The summed E-state index contributed by atoms with van der Waals surface area (Å²) in [5.41, 5.74) is 14.1. The first-order valence-corrected chi connectivity index (χ1v) is 5.86. The van der Waals surface area contributed by atoms with Crippen LogP contribution in [0.2, 0.25) is 0 Å². The van der Waals surface area contributed by atoms with E-state index in [1.54, 1.807) is 14.2 Å². The lowest BCUT2D eigenvalue weighted by molar-refractivity contribution is -0.123. The molecule has 4 N–H and O–H groups in total. The van der Waals surface area contributed by atoms with Crippen LogP contribution in [0.4, 0.5) is 0 Å². The number of aryl methyl sites for hydroxylation is 2. The van der Waals surface area contributed by atoms with Gasteiger partial charge >= 0.3 is 0 Å². The van der Waals surface area contributed by atoms with Gasteiger partial charge in [-0.3, -0.25) is 10.2 Å². The molecule has 0 saturated carbocycles. The molecule has 0 aromatic heterocycles. The maximum Gasteiger partial charge on any atom is 0.251 e. The van der Waals surface area contributed by atoms with Gasteiger partial charge in [-0.25, -0.2) is 5.43 Å². The number of nitrogens with one attached hydrogen (secondary N) is 2. The molecule has 1 aromatic rings. The zero-order valence-electron chi connectivity index (χ0n) is 11.3. The molecular formula is C13H21N3O2. The van der Waals surface area contributed by atoms with Gasteiger partial charge in [0.1, 0.15) is 5.75 Å². The topological polar surface area (TPSA) is 76.4 Å². The zero-order valence-corrected chi connectivity index (χ0v) is 11.3. The molecule has 0 heterocycles. The number of ether oxygens (including phenoxy) is 1. The molecule has 0 bridgehead atoms. The van der Waals surface area contributed by atoms with Crippen LogP contribution in [0.1, 0.15) is 16.7 Å². The molecule has 18 heavy (non-hydrogen) atoms. The van der Waals surface area contributed by atoms with Crippen LogP contribution in [0.3, 0.4) is 0 Å². The van der Waals surface area contributed by atoms with Crippen molar-refractivity contribution in [1.29, 1.82) is 0 Å². The highest BCUT2D eigenvalue weighted by Crippen LogP contribution is 2.25. The van der Waals surface area contributed by atoms with E-state index in [9.17, 15) is 4.79 Å². The fraction of sp³-hybridized carbons (Fsp3) is 0.462. The number of hydrogen-bond donors (Lipinski definition) is 3. The summed E-state index contributed by atoms with van der Waals surface area (Å²) in [6.07, 6.45) is 0.447. The number of amides is 1. The number of carbonyl (C=O) groups excluding carboxylic acids is 1. The van der Waals surface area contributed by atoms with Crippen LogP contribution in [0.15, 0.2) is 12.1 Å².